The summed E-state index contributed by atoms with van der Waals surface area (Å²) in [6.45, 7) is 2.32. The Hall–Kier alpha value is -1.80. The van der Waals surface area contributed by atoms with Gasteiger partial charge < -0.3 is 15.5 Å². The fourth-order valence-corrected chi connectivity index (χ4v) is 3.97. The molecule has 120 valence electrons. The van der Waals surface area contributed by atoms with Crippen molar-refractivity contribution in [3.8, 4) is 0 Å². The van der Waals surface area contributed by atoms with Gasteiger partial charge in [0.2, 0.25) is 0 Å². The Morgan fingerprint density at radius 3 is 2.70 bits per heavy atom. The Labute approximate surface area is 141 Å². The number of carbonyl (C=O) groups excluding carboxylic acids is 1. The average molecular weight is 348 g/mol. The number of aromatic nitrogens is 1. The number of aliphatic hydroxyl groups is 2. The van der Waals surface area contributed by atoms with Crippen molar-refractivity contribution in [3.63, 3.8) is 0 Å². The van der Waals surface area contributed by atoms with Gasteiger partial charge >= 0.3 is 0 Å². The molecule has 0 saturated heterocycles. The number of nitrogens with one attached hydrogen (secondary N) is 1. The summed E-state index contributed by atoms with van der Waals surface area (Å²) in [7, 11) is 0. The van der Waals surface area contributed by atoms with Crippen molar-refractivity contribution in [3.05, 3.63) is 51.2 Å². The lowest BCUT2D eigenvalue weighted by molar-refractivity contribution is -0.135. The molecule has 0 bridgehead atoms. The Bertz CT molecular complexity index is 794. The number of hydrogen-bond donors (Lipinski definition) is 3. The number of benzene rings is 1. The summed E-state index contributed by atoms with van der Waals surface area (Å²) in [6, 6.07) is 11.3. The molecular formula is C16H16N2O3S2. The quantitative estimate of drug-likeness (QED) is 0.661. The molecule has 3 rings (SSSR count). The van der Waals surface area contributed by atoms with Crippen molar-refractivity contribution < 1.29 is 15.0 Å². The normalized spacial score (nSPS) is 13.9. The second-order valence-electron chi connectivity index (χ2n) is 5.14. The summed E-state index contributed by atoms with van der Waals surface area (Å²) in [6.07, 6.45) is -2.88. The maximum absolute atomic E-state index is 12.0. The minimum absolute atomic E-state index is 0.334. The highest BCUT2D eigenvalue weighted by atomic mass is 32.1. The Morgan fingerprint density at radius 2 is 2.00 bits per heavy atom. The lowest BCUT2D eigenvalue weighted by atomic mass is 10.2. The van der Waals surface area contributed by atoms with Gasteiger partial charge in [-0.25, -0.2) is 4.98 Å². The molecule has 2 aromatic heterocycles. The first-order valence-corrected chi connectivity index (χ1v) is 8.72. The average Bonchev–Trinajstić information content (AvgIpc) is 3.16. The Balaban J connectivity index is 1.65. The number of thiazole rings is 1. The number of amides is 1. The van der Waals surface area contributed by atoms with Gasteiger partial charge in [0.05, 0.1) is 16.8 Å². The minimum Gasteiger partial charge on any atom is -0.383 e. The summed E-state index contributed by atoms with van der Waals surface area (Å²) in [5.41, 5.74) is 0.744. The van der Waals surface area contributed by atoms with Crippen LogP contribution in [0, 0.1) is 6.92 Å². The van der Waals surface area contributed by atoms with Crippen molar-refractivity contribution in [1.29, 1.82) is 0 Å². The van der Waals surface area contributed by atoms with E-state index in [0.29, 0.717) is 11.6 Å². The number of carbonyl (C=O) groups is 1. The van der Waals surface area contributed by atoms with Gasteiger partial charge in [0.1, 0.15) is 11.1 Å². The first-order valence-electron chi connectivity index (χ1n) is 7.09. The molecular weight excluding hydrogens is 332 g/mol. The van der Waals surface area contributed by atoms with Crippen LogP contribution in [0.2, 0.25) is 0 Å². The lowest BCUT2D eigenvalue weighted by Gasteiger charge is -2.15. The molecule has 0 aliphatic carbocycles. The molecule has 3 N–H and O–H groups in total. The van der Waals surface area contributed by atoms with Crippen LogP contribution in [-0.4, -0.2) is 27.2 Å². The maximum atomic E-state index is 12.0. The smallest absolute Gasteiger partial charge is 0.252 e. The third-order valence-corrected chi connectivity index (χ3v) is 5.47. The molecule has 0 saturated carbocycles. The van der Waals surface area contributed by atoms with E-state index < -0.39 is 18.1 Å². The molecule has 7 heteroatoms. The number of hydrogen-bond acceptors (Lipinski definition) is 6. The van der Waals surface area contributed by atoms with Crippen LogP contribution in [0.4, 0.5) is 0 Å². The number of aliphatic hydroxyl groups excluding tert-OH is 2. The number of thiophene rings is 1. The third kappa shape index (κ3) is 3.59. The van der Waals surface area contributed by atoms with E-state index in [1.807, 2.05) is 43.3 Å². The highest BCUT2D eigenvalue weighted by Crippen LogP contribution is 2.28. The largest absolute Gasteiger partial charge is 0.383 e. The van der Waals surface area contributed by atoms with Gasteiger partial charge in [0.25, 0.3) is 5.91 Å². The van der Waals surface area contributed by atoms with Gasteiger partial charge in [-0.15, -0.1) is 22.7 Å². The van der Waals surface area contributed by atoms with Gasteiger partial charge in [0.15, 0.2) is 6.10 Å². The molecule has 2 atom stereocenters. The van der Waals surface area contributed by atoms with Crippen molar-refractivity contribution >= 4 is 38.8 Å². The molecule has 1 amide bonds. The van der Waals surface area contributed by atoms with E-state index in [4.69, 9.17) is 0 Å². The van der Waals surface area contributed by atoms with Gasteiger partial charge in [-0.05, 0) is 31.2 Å². The number of para-hydroxylation sites is 1. The zero-order valence-electron chi connectivity index (χ0n) is 12.4. The molecule has 0 spiro atoms. The van der Waals surface area contributed by atoms with Crippen molar-refractivity contribution in [2.45, 2.75) is 25.7 Å². The van der Waals surface area contributed by atoms with E-state index >= 15 is 0 Å². The van der Waals surface area contributed by atoms with Crippen LogP contribution in [0.25, 0.3) is 10.2 Å². The van der Waals surface area contributed by atoms with E-state index in [9.17, 15) is 15.0 Å². The van der Waals surface area contributed by atoms with E-state index in [2.05, 4.69) is 10.3 Å². The number of aryl methyl sites for hydroxylation is 1. The summed E-state index contributed by atoms with van der Waals surface area (Å²) in [5.74, 6) is -0.609. The van der Waals surface area contributed by atoms with Gasteiger partial charge in [-0.3, -0.25) is 4.79 Å². The molecule has 1 aromatic carbocycles. The lowest BCUT2D eigenvalue weighted by Crippen LogP contribution is -2.38. The predicted molar refractivity (Wildman–Crippen MR) is 91.5 cm³/mol. The first kappa shape index (κ1) is 16.1. The van der Waals surface area contributed by atoms with Crippen LogP contribution in [0.1, 0.15) is 20.9 Å². The zero-order valence-corrected chi connectivity index (χ0v) is 14.0. The second-order valence-corrected chi connectivity index (χ2v) is 7.57. The van der Waals surface area contributed by atoms with Crippen molar-refractivity contribution in [2.75, 3.05) is 0 Å². The Morgan fingerprint density at radius 1 is 1.22 bits per heavy atom. The first-order chi connectivity index (χ1) is 11.0. The second kappa shape index (κ2) is 6.76. The van der Waals surface area contributed by atoms with Gasteiger partial charge in [-0.2, -0.15) is 0 Å². The molecule has 0 aliphatic heterocycles. The summed E-state index contributed by atoms with van der Waals surface area (Å²) in [4.78, 5) is 18.4. The van der Waals surface area contributed by atoms with Gasteiger partial charge in [0, 0.05) is 9.75 Å². The third-order valence-electron chi connectivity index (χ3n) is 3.36. The molecule has 5 nitrogen and oxygen atoms in total. The molecule has 2 heterocycles. The highest BCUT2D eigenvalue weighted by molar-refractivity contribution is 7.18. The molecule has 0 radical (unpaired) electrons. The SMILES string of the molecule is Cc1ccc(CNC(=O)C(O)C(O)c2nc3ccccc3s2)s1. The zero-order chi connectivity index (χ0) is 16.4. The maximum Gasteiger partial charge on any atom is 0.252 e. The van der Waals surface area contributed by atoms with E-state index in [0.717, 1.165) is 20.0 Å². The fourth-order valence-electron chi connectivity index (χ4n) is 2.15. The van der Waals surface area contributed by atoms with Crippen LogP contribution in [0.5, 0.6) is 0 Å². The number of rotatable bonds is 5. The highest BCUT2D eigenvalue weighted by Gasteiger charge is 2.28. The molecule has 2 unspecified atom stereocenters. The summed E-state index contributed by atoms with van der Waals surface area (Å²) in [5, 5.41) is 23.2. The van der Waals surface area contributed by atoms with Crippen LogP contribution in [0.15, 0.2) is 36.4 Å². The van der Waals surface area contributed by atoms with Crippen LogP contribution < -0.4 is 5.32 Å². The minimum atomic E-state index is -1.54. The topological polar surface area (TPSA) is 82.5 Å². The van der Waals surface area contributed by atoms with E-state index in [1.54, 1.807) is 11.3 Å². The number of fused-ring (bicyclic) bond motifs is 1. The van der Waals surface area contributed by atoms with Crippen molar-refractivity contribution in [1.82, 2.24) is 10.3 Å². The van der Waals surface area contributed by atoms with Crippen molar-refractivity contribution in [2.24, 2.45) is 0 Å². The predicted octanol–water partition coefficient (Wildman–Crippen LogP) is 2.38. The Kier molecular flexibility index (Phi) is 4.72. The summed E-state index contributed by atoms with van der Waals surface area (Å²) < 4.78 is 0.906. The fraction of sp³-hybridized carbons (Fsp3) is 0.250. The van der Waals surface area contributed by atoms with Crippen LogP contribution in [-0.2, 0) is 11.3 Å². The van der Waals surface area contributed by atoms with E-state index in [-0.39, 0.29) is 0 Å². The monoisotopic (exact) mass is 348 g/mol. The molecule has 0 aliphatic rings. The van der Waals surface area contributed by atoms with Crippen LogP contribution >= 0.6 is 22.7 Å². The molecule has 3 aromatic rings. The molecule has 0 fully saturated rings. The van der Waals surface area contributed by atoms with Gasteiger partial charge in [-0.1, -0.05) is 12.1 Å². The van der Waals surface area contributed by atoms with E-state index in [1.165, 1.54) is 11.3 Å². The molecule has 23 heavy (non-hydrogen) atoms. The van der Waals surface area contributed by atoms with Crippen LogP contribution in [0.3, 0.4) is 0 Å². The number of nitrogens with zero attached hydrogens (tertiary/aromatic N) is 1. The standard InChI is InChI=1S/C16H16N2O3S2/c1-9-6-7-10(22-9)8-17-15(21)13(19)14(20)16-18-11-4-2-3-5-12(11)23-16/h2-7,13-14,19-20H,8H2,1H3,(H,17,21). The summed E-state index contributed by atoms with van der Waals surface area (Å²) >= 11 is 2.85.